The number of nitrogens with two attached hydrogens (primary N) is 1. The van der Waals surface area contributed by atoms with E-state index in [9.17, 15) is 14.0 Å². The molecule has 1 aromatic carbocycles. The van der Waals surface area contributed by atoms with Crippen molar-refractivity contribution in [1.29, 1.82) is 0 Å². The van der Waals surface area contributed by atoms with Gasteiger partial charge in [-0.25, -0.2) is 14.2 Å². The molecule has 0 bridgehead atoms. The van der Waals surface area contributed by atoms with E-state index in [1.54, 1.807) is 6.92 Å². The van der Waals surface area contributed by atoms with Crippen molar-refractivity contribution >= 4 is 23.2 Å². The lowest BCUT2D eigenvalue weighted by molar-refractivity contribution is -0.127. The summed E-state index contributed by atoms with van der Waals surface area (Å²) in [7, 11) is 0. The first-order chi connectivity index (χ1) is 9.47. The average molecular weight is 294 g/mol. The maximum Gasteiger partial charge on any atom is 0.351 e. The Balaban J connectivity index is 2.20. The van der Waals surface area contributed by atoms with Crippen LogP contribution in [0.5, 0.6) is 0 Å². The molecule has 0 fully saturated rings. The van der Waals surface area contributed by atoms with Gasteiger partial charge >= 0.3 is 5.97 Å². The molecular weight excluding hydrogens is 283 g/mol. The molecule has 0 aliphatic heterocycles. The molecule has 1 heterocycles. The minimum Gasteiger partial charge on any atom is -0.443 e. The highest BCUT2D eigenvalue weighted by Crippen LogP contribution is 2.21. The number of nitrogens with zero attached hydrogens (tertiary/aromatic N) is 1. The lowest BCUT2D eigenvalue weighted by Gasteiger charge is -2.14. The molecule has 0 aliphatic carbocycles. The van der Waals surface area contributed by atoms with Gasteiger partial charge in [-0.1, -0.05) is 12.1 Å². The predicted octanol–water partition coefficient (Wildman–Crippen LogP) is 1.97. The third-order valence-corrected chi connectivity index (χ3v) is 3.37. The number of aromatic nitrogens is 1. The number of halogens is 1. The van der Waals surface area contributed by atoms with Gasteiger partial charge in [-0.2, -0.15) is 0 Å². The van der Waals surface area contributed by atoms with Crippen molar-refractivity contribution in [2.24, 2.45) is 5.73 Å². The Kier molecular flexibility index (Phi) is 4.09. The number of hydrogen-bond acceptors (Lipinski definition) is 5. The van der Waals surface area contributed by atoms with Crippen LogP contribution in [0.2, 0.25) is 0 Å². The Hall–Kier alpha value is -2.28. The fourth-order valence-electron chi connectivity index (χ4n) is 1.55. The van der Waals surface area contributed by atoms with Crippen molar-refractivity contribution in [2.75, 3.05) is 0 Å². The van der Waals surface area contributed by atoms with Gasteiger partial charge in [0.05, 0.1) is 11.2 Å². The quantitative estimate of drug-likeness (QED) is 0.874. The van der Waals surface area contributed by atoms with Gasteiger partial charge in [0.2, 0.25) is 6.10 Å². The van der Waals surface area contributed by atoms with Crippen LogP contribution in [-0.2, 0) is 9.53 Å². The van der Waals surface area contributed by atoms with Crippen molar-refractivity contribution in [2.45, 2.75) is 13.0 Å². The monoisotopic (exact) mass is 294 g/mol. The number of primary amides is 1. The number of thiazole rings is 1. The first kappa shape index (κ1) is 14.1. The number of rotatable bonds is 4. The van der Waals surface area contributed by atoms with Crippen molar-refractivity contribution in [3.05, 3.63) is 51.7 Å². The Morgan fingerprint density at radius 2 is 2.00 bits per heavy atom. The minimum absolute atomic E-state index is 0.274. The standard InChI is InChI=1S/C13H11FN2O3S/c1-7-16-6-10(20-7)13(18)19-11(12(15)17)8-2-4-9(14)5-3-8/h2-6,11H,1H3,(H2,15,17). The Labute approximate surface area is 118 Å². The Bertz CT molecular complexity index is 639. The van der Waals surface area contributed by atoms with Crippen molar-refractivity contribution in [3.63, 3.8) is 0 Å². The maximum absolute atomic E-state index is 12.9. The number of carbonyl (C=O) groups is 2. The second kappa shape index (κ2) is 5.79. The summed E-state index contributed by atoms with van der Waals surface area (Å²) in [6.45, 7) is 1.74. The van der Waals surface area contributed by atoms with E-state index in [2.05, 4.69) is 4.98 Å². The van der Waals surface area contributed by atoms with Gasteiger partial charge < -0.3 is 10.5 Å². The number of esters is 1. The van der Waals surface area contributed by atoms with Crippen LogP contribution in [-0.4, -0.2) is 16.9 Å². The van der Waals surface area contributed by atoms with E-state index in [4.69, 9.17) is 10.5 Å². The van der Waals surface area contributed by atoms with E-state index >= 15 is 0 Å². The number of carbonyl (C=O) groups excluding carboxylic acids is 2. The second-order valence-corrected chi connectivity index (χ2v) is 5.22. The normalized spacial score (nSPS) is 11.9. The predicted molar refractivity (Wildman–Crippen MR) is 70.6 cm³/mol. The summed E-state index contributed by atoms with van der Waals surface area (Å²) in [4.78, 5) is 27.5. The molecule has 7 heteroatoms. The number of amides is 1. The lowest BCUT2D eigenvalue weighted by Crippen LogP contribution is -2.26. The topological polar surface area (TPSA) is 82.3 Å². The molecule has 2 aromatic rings. The molecule has 1 atom stereocenters. The molecule has 1 aromatic heterocycles. The third kappa shape index (κ3) is 3.18. The van der Waals surface area contributed by atoms with Crippen LogP contribution in [0.4, 0.5) is 4.39 Å². The summed E-state index contributed by atoms with van der Waals surface area (Å²) in [6.07, 6.45) is 0.107. The van der Waals surface area contributed by atoms with Gasteiger partial charge in [0.1, 0.15) is 10.7 Å². The summed E-state index contributed by atoms with van der Waals surface area (Å²) in [6, 6.07) is 5.01. The van der Waals surface area contributed by atoms with Crippen LogP contribution in [0, 0.1) is 12.7 Å². The molecule has 1 unspecified atom stereocenters. The first-order valence-corrected chi connectivity index (χ1v) is 6.47. The van der Waals surface area contributed by atoms with E-state index in [1.807, 2.05) is 0 Å². The molecular formula is C13H11FN2O3S. The van der Waals surface area contributed by atoms with E-state index in [0.29, 0.717) is 10.6 Å². The van der Waals surface area contributed by atoms with Gasteiger partial charge in [-0.3, -0.25) is 4.79 Å². The lowest BCUT2D eigenvalue weighted by atomic mass is 10.1. The van der Waals surface area contributed by atoms with Gasteiger partial charge in [0, 0.05) is 5.56 Å². The molecule has 0 aliphatic rings. The van der Waals surface area contributed by atoms with Gasteiger partial charge in [0.15, 0.2) is 0 Å². The SMILES string of the molecule is Cc1ncc(C(=O)OC(C(N)=O)c2ccc(F)cc2)s1. The second-order valence-electron chi connectivity index (χ2n) is 3.98. The van der Waals surface area contributed by atoms with Crippen LogP contribution in [0.1, 0.15) is 26.3 Å². The smallest absolute Gasteiger partial charge is 0.351 e. The highest BCUT2D eigenvalue weighted by atomic mass is 32.1. The number of ether oxygens (including phenoxy) is 1. The Morgan fingerprint density at radius 3 is 2.50 bits per heavy atom. The molecule has 5 nitrogen and oxygen atoms in total. The van der Waals surface area contributed by atoms with E-state index in [0.717, 1.165) is 23.5 Å². The molecule has 2 rings (SSSR count). The van der Waals surface area contributed by atoms with Crippen LogP contribution in [0.3, 0.4) is 0 Å². The van der Waals surface area contributed by atoms with Crippen molar-refractivity contribution in [3.8, 4) is 0 Å². The number of benzene rings is 1. The van der Waals surface area contributed by atoms with Crippen LogP contribution in [0.25, 0.3) is 0 Å². The van der Waals surface area contributed by atoms with Gasteiger partial charge in [-0.05, 0) is 19.1 Å². The highest BCUT2D eigenvalue weighted by Gasteiger charge is 2.24. The minimum atomic E-state index is -1.26. The van der Waals surface area contributed by atoms with Crippen LogP contribution in [0.15, 0.2) is 30.5 Å². The van der Waals surface area contributed by atoms with Gasteiger partial charge in [0.25, 0.3) is 5.91 Å². The molecule has 0 saturated carbocycles. The van der Waals surface area contributed by atoms with E-state index < -0.39 is 23.8 Å². The van der Waals surface area contributed by atoms with Gasteiger partial charge in [-0.15, -0.1) is 11.3 Å². The molecule has 20 heavy (non-hydrogen) atoms. The summed E-state index contributed by atoms with van der Waals surface area (Å²) in [5.41, 5.74) is 5.53. The van der Waals surface area contributed by atoms with Crippen molar-refractivity contribution in [1.82, 2.24) is 4.98 Å². The van der Waals surface area contributed by atoms with Crippen molar-refractivity contribution < 1.29 is 18.7 Å². The Morgan fingerprint density at radius 1 is 1.35 bits per heavy atom. The molecule has 0 radical (unpaired) electrons. The zero-order valence-electron chi connectivity index (χ0n) is 10.5. The van der Waals surface area contributed by atoms with Crippen LogP contribution < -0.4 is 5.73 Å². The zero-order valence-corrected chi connectivity index (χ0v) is 11.3. The molecule has 104 valence electrons. The fraction of sp³-hybridized carbons (Fsp3) is 0.154. The molecule has 2 N–H and O–H groups in total. The fourth-order valence-corrected chi connectivity index (χ4v) is 2.21. The molecule has 0 saturated heterocycles. The van der Waals surface area contributed by atoms with E-state index in [-0.39, 0.29) is 4.88 Å². The van der Waals surface area contributed by atoms with E-state index in [1.165, 1.54) is 18.3 Å². The first-order valence-electron chi connectivity index (χ1n) is 5.65. The largest absolute Gasteiger partial charge is 0.443 e. The summed E-state index contributed by atoms with van der Waals surface area (Å²) >= 11 is 1.15. The molecule has 1 amide bonds. The maximum atomic E-state index is 12.9. The summed E-state index contributed by atoms with van der Waals surface area (Å²) in [5, 5.41) is 0.703. The summed E-state index contributed by atoms with van der Waals surface area (Å²) in [5.74, 6) is -1.98. The summed E-state index contributed by atoms with van der Waals surface area (Å²) < 4.78 is 17.9. The molecule has 0 spiro atoms. The van der Waals surface area contributed by atoms with Crippen LogP contribution >= 0.6 is 11.3 Å². The average Bonchev–Trinajstić information content (AvgIpc) is 2.83. The highest BCUT2D eigenvalue weighted by molar-refractivity contribution is 7.13. The third-order valence-electron chi connectivity index (χ3n) is 2.48. The zero-order chi connectivity index (χ0) is 14.7. The number of hydrogen-bond donors (Lipinski definition) is 1. The number of aryl methyl sites for hydroxylation is 1.